The van der Waals surface area contributed by atoms with E-state index in [2.05, 4.69) is 19.2 Å². The lowest BCUT2D eigenvalue weighted by molar-refractivity contribution is 0.0621. The SMILES string of the molecule is CC(C)NC1(c2ccc(Cl)cc2)c2ccccc2C(=O)N1C. The maximum absolute atomic E-state index is 12.7. The lowest BCUT2D eigenvalue weighted by atomic mass is 9.90. The summed E-state index contributed by atoms with van der Waals surface area (Å²) in [5.41, 5.74) is 2.07. The highest BCUT2D eigenvalue weighted by Crippen LogP contribution is 2.41. The van der Waals surface area contributed by atoms with Crippen LogP contribution in [0.4, 0.5) is 0 Å². The molecule has 0 saturated carbocycles. The van der Waals surface area contributed by atoms with Gasteiger partial charge >= 0.3 is 0 Å². The van der Waals surface area contributed by atoms with E-state index in [1.54, 1.807) is 4.90 Å². The predicted octanol–water partition coefficient (Wildman–Crippen LogP) is 3.62. The molecular weight excluding hydrogens is 296 g/mol. The second kappa shape index (κ2) is 5.41. The van der Waals surface area contributed by atoms with Crippen LogP contribution in [0.2, 0.25) is 5.02 Å². The fraction of sp³-hybridized carbons (Fsp3) is 0.278. The van der Waals surface area contributed by atoms with Crippen LogP contribution in [-0.4, -0.2) is 23.9 Å². The molecule has 22 heavy (non-hydrogen) atoms. The molecule has 2 aromatic rings. The first kappa shape index (κ1) is 15.1. The number of nitrogens with zero attached hydrogens (tertiary/aromatic N) is 1. The molecule has 1 unspecified atom stereocenters. The van der Waals surface area contributed by atoms with Crippen molar-refractivity contribution in [1.82, 2.24) is 10.2 Å². The molecule has 2 aromatic carbocycles. The molecule has 1 heterocycles. The third-order valence-corrected chi connectivity index (χ3v) is 4.37. The van der Waals surface area contributed by atoms with Crippen LogP contribution in [0.3, 0.4) is 0 Å². The minimum Gasteiger partial charge on any atom is -0.315 e. The normalized spacial score (nSPS) is 20.6. The van der Waals surface area contributed by atoms with Gasteiger partial charge in [-0.2, -0.15) is 0 Å². The van der Waals surface area contributed by atoms with Crippen LogP contribution in [0.15, 0.2) is 48.5 Å². The number of hydrogen-bond acceptors (Lipinski definition) is 2. The number of fused-ring (bicyclic) bond motifs is 1. The maximum Gasteiger partial charge on any atom is 0.256 e. The van der Waals surface area contributed by atoms with E-state index >= 15 is 0 Å². The first-order chi connectivity index (χ1) is 10.5. The van der Waals surface area contributed by atoms with Gasteiger partial charge in [-0.15, -0.1) is 0 Å². The minimum absolute atomic E-state index is 0.0266. The van der Waals surface area contributed by atoms with E-state index in [4.69, 9.17) is 11.6 Å². The number of benzene rings is 2. The molecule has 0 aromatic heterocycles. The number of hydrogen-bond donors (Lipinski definition) is 1. The Bertz CT molecular complexity index is 711. The molecule has 3 rings (SSSR count). The van der Waals surface area contributed by atoms with Crippen molar-refractivity contribution in [2.45, 2.75) is 25.6 Å². The zero-order valence-electron chi connectivity index (χ0n) is 12.9. The number of nitrogens with one attached hydrogen (secondary N) is 1. The van der Waals surface area contributed by atoms with Gasteiger partial charge in [0, 0.05) is 29.2 Å². The van der Waals surface area contributed by atoms with Crippen molar-refractivity contribution < 1.29 is 4.79 Å². The van der Waals surface area contributed by atoms with Crippen molar-refractivity contribution in [2.75, 3.05) is 7.05 Å². The van der Waals surface area contributed by atoms with Gasteiger partial charge < -0.3 is 4.90 Å². The summed E-state index contributed by atoms with van der Waals surface area (Å²) in [4.78, 5) is 14.5. The maximum atomic E-state index is 12.7. The highest BCUT2D eigenvalue weighted by Gasteiger charge is 2.49. The third-order valence-electron chi connectivity index (χ3n) is 4.11. The molecule has 0 spiro atoms. The first-order valence-electron chi connectivity index (χ1n) is 7.38. The second-order valence-corrected chi connectivity index (χ2v) is 6.36. The van der Waals surface area contributed by atoms with Gasteiger partial charge in [-0.3, -0.25) is 10.1 Å². The van der Waals surface area contributed by atoms with Crippen LogP contribution in [0.25, 0.3) is 0 Å². The average Bonchev–Trinajstić information content (AvgIpc) is 2.71. The summed E-state index contributed by atoms with van der Waals surface area (Å²) in [6.07, 6.45) is 0. The monoisotopic (exact) mass is 314 g/mol. The Hall–Kier alpha value is -1.84. The number of halogens is 1. The van der Waals surface area contributed by atoms with Crippen LogP contribution in [0, 0.1) is 0 Å². The zero-order chi connectivity index (χ0) is 15.9. The summed E-state index contributed by atoms with van der Waals surface area (Å²) in [5, 5.41) is 4.27. The molecule has 1 atom stereocenters. The van der Waals surface area contributed by atoms with Crippen molar-refractivity contribution >= 4 is 17.5 Å². The lowest BCUT2D eigenvalue weighted by Gasteiger charge is -2.40. The minimum atomic E-state index is -0.660. The number of amides is 1. The molecular formula is C18H19ClN2O. The summed E-state index contributed by atoms with van der Waals surface area (Å²) in [5.74, 6) is 0.0266. The molecule has 0 saturated heterocycles. The summed E-state index contributed by atoms with van der Waals surface area (Å²) in [6.45, 7) is 4.16. The smallest absolute Gasteiger partial charge is 0.256 e. The molecule has 0 fully saturated rings. The average molecular weight is 315 g/mol. The number of carbonyl (C=O) groups excluding carboxylic acids is 1. The molecule has 0 radical (unpaired) electrons. The highest BCUT2D eigenvalue weighted by molar-refractivity contribution is 6.30. The van der Waals surface area contributed by atoms with Crippen molar-refractivity contribution in [3.63, 3.8) is 0 Å². The molecule has 114 valence electrons. The van der Waals surface area contributed by atoms with E-state index in [0.29, 0.717) is 5.02 Å². The number of rotatable bonds is 3. The van der Waals surface area contributed by atoms with E-state index in [-0.39, 0.29) is 11.9 Å². The second-order valence-electron chi connectivity index (χ2n) is 5.93. The standard InChI is InChI=1S/C18H19ClN2O/c1-12(2)20-18(13-8-10-14(19)11-9-13)16-7-5-4-6-15(16)17(22)21(18)3/h4-12,20H,1-3H3. The van der Waals surface area contributed by atoms with Crippen LogP contribution >= 0.6 is 11.6 Å². The Balaban J connectivity index is 2.27. The topological polar surface area (TPSA) is 32.3 Å². The summed E-state index contributed by atoms with van der Waals surface area (Å²) < 4.78 is 0. The van der Waals surface area contributed by atoms with Crippen molar-refractivity contribution in [3.05, 3.63) is 70.2 Å². The fourth-order valence-electron chi connectivity index (χ4n) is 3.21. The molecule has 1 aliphatic heterocycles. The van der Waals surface area contributed by atoms with Crippen LogP contribution < -0.4 is 5.32 Å². The van der Waals surface area contributed by atoms with Crippen molar-refractivity contribution in [3.8, 4) is 0 Å². The van der Waals surface area contributed by atoms with Gasteiger partial charge in [0.05, 0.1) is 0 Å². The molecule has 1 amide bonds. The molecule has 4 heteroatoms. The Kier molecular flexibility index (Phi) is 3.71. The quantitative estimate of drug-likeness (QED) is 0.938. The van der Waals surface area contributed by atoms with E-state index in [9.17, 15) is 4.79 Å². The van der Waals surface area contributed by atoms with Gasteiger partial charge in [-0.05, 0) is 37.6 Å². The molecule has 1 N–H and O–H groups in total. The Morgan fingerprint density at radius 1 is 1.09 bits per heavy atom. The number of carbonyl (C=O) groups is 1. The Morgan fingerprint density at radius 2 is 1.73 bits per heavy atom. The molecule has 0 aliphatic carbocycles. The van der Waals surface area contributed by atoms with Gasteiger partial charge in [0.15, 0.2) is 0 Å². The van der Waals surface area contributed by atoms with E-state index < -0.39 is 5.66 Å². The molecule has 0 bridgehead atoms. The van der Waals surface area contributed by atoms with E-state index in [1.807, 2.05) is 55.6 Å². The van der Waals surface area contributed by atoms with Crippen molar-refractivity contribution in [2.24, 2.45) is 0 Å². The summed E-state index contributed by atoms with van der Waals surface area (Å²) in [6, 6.07) is 15.6. The van der Waals surface area contributed by atoms with Gasteiger partial charge in [0.1, 0.15) is 5.66 Å². The Morgan fingerprint density at radius 3 is 2.36 bits per heavy atom. The highest BCUT2D eigenvalue weighted by atomic mass is 35.5. The van der Waals surface area contributed by atoms with E-state index in [1.165, 1.54) is 0 Å². The molecule has 1 aliphatic rings. The van der Waals surface area contributed by atoms with Gasteiger partial charge in [0.25, 0.3) is 5.91 Å². The van der Waals surface area contributed by atoms with Crippen LogP contribution in [-0.2, 0) is 5.66 Å². The van der Waals surface area contributed by atoms with Crippen molar-refractivity contribution in [1.29, 1.82) is 0 Å². The van der Waals surface area contributed by atoms with Gasteiger partial charge in [-0.25, -0.2) is 0 Å². The molecule has 3 nitrogen and oxygen atoms in total. The Labute approximate surface area is 135 Å². The lowest BCUT2D eigenvalue weighted by Crippen LogP contribution is -2.55. The first-order valence-corrected chi connectivity index (χ1v) is 7.76. The predicted molar refractivity (Wildman–Crippen MR) is 89.0 cm³/mol. The largest absolute Gasteiger partial charge is 0.315 e. The zero-order valence-corrected chi connectivity index (χ0v) is 13.7. The van der Waals surface area contributed by atoms with E-state index in [0.717, 1.165) is 16.7 Å². The van der Waals surface area contributed by atoms with Crippen LogP contribution in [0.5, 0.6) is 0 Å². The summed E-state index contributed by atoms with van der Waals surface area (Å²) in [7, 11) is 1.84. The van der Waals surface area contributed by atoms with Gasteiger partial charge in [0.2, 0.25) is 0 Å². The summed E-state index contributed by atoms with van der Waals surface area (Å²) >= 11 is 6.03. The fourth-order valence-corrected chi connectivity index (χ4v) is 3.34. The third kappa shape index (κ3) is 2.13. The van der Waals surface area contributed by atoms with Gasteiger partial charge in [-0.1, -0.05) is 41.9 Å². The van der Waals surface area contributed by atoms with Crippen LogP contribution in [0.1, 0.15) is 35.3 Å².